The lowest BCUT2D eigenvalue weighted by atomic mass is 10.0. The first-order chi connectivity index (χ1) is 9.63. The SMILES string of the molecule is C#CCOc1c(C(C)NC(C)C)ccc2ccccc12. The molecule has 0 saturated heterocycles. The molecule has 20 heavy (non-hydrogen) atoms. The summed E-state index contributed by atoms with van der Waals surface area (Å²) in [4.78, 5) is 0. The molecule has 2 aromatic carbocycles. The topological polar surface area (TPSA) is 21.3 Å². The van der Waals surface area contributed by atoms with Crippen LogP contribution in [0.5, 0.6) is 5.75 Å². The van der Waals surface area contributed by atoms with Crippen molar-refractivity contribution >= 4 is 10.8 Å². The van der Waals surface area contributed by atoms with E-state index in [1.807, 2.05) is 12.1 Å². The number of hydrogen-bond donors (Lipinski definition) is 1. The van der Waals surface area contributed by atoms with Crippen molar-refractivity contribution in [2.24, 2.45) is 0 Å². The standard InChI is InChI=1S/C18H21NO/c1-5-12-20-18-16(14(4)19-13(2)3)11-10-15-8-6-7-9-17(15)18/h1,6-11,13-14,19H,12H2,2-4H3. The number of benzene rings is 2. The van der Waals surface area contributed by atoms with Gasteiger partial charge in [0, 0.05) is 23.0 Å². The summed E-state index contributed by atoms with van der Waals surface area (Å²) in [6, 6.07) is 13.1. The summed E-state index contributed by atoms with van der Waals surface area (Å²) in [5.41, 5.74) is 1.15. The first kappa shape index (κ1) is 14.4. The highest BCUT2D eigenvalue weighted by Crippen LogP contribution is 2.33. The summed E-state index contributed by atoms with van der Waals surface area (Å²) < 4.78 is 5.83. The number of ether oxygens (including phenoxy) is 1. The highest BCUT2D eigenvalue weighted by Gasteiger charge is 2.15. The van der Waals surface area contributed by atoms with Gasteiger partial charge in [0.1, 0.15) is 12.4 Å². The van der Waals surface area contributed by atoms with Crippen LogP contribution in [0.15, 0.2) is 36.4 Å². The van der Waals surface area contributed by atoms with Crippen LogP contribution in [0, 0.1) is 12.3 Å². The summed E-state index contributed by atoms with van der Waals surface area (Å²) in [5, 5.41) is 5.78. The minimum Gasteiger partial charge on any atom is -0.480 e. The molecular weight excluding hydrogens is 246 g/mol. The summed E-state index contributed by atoms with van der Waals surface area (Å²) in [6.45, 7) is 6.71. The predicted molar refractivity (Wildman–Crippen MR) is 85.0 cm³/mol. The van der Waals surface area contributed by atoms with Crippen molar-refractivity contribution in [1.82, 2.24) is 5.32 Å². The van der Waals surface area contributed by atoms with Gasteiger partial charge in [0.05, 0.1) is 0 Å². The zero-order chi connectivity index (χ0) is 14.5. The van der Waals surface area contributed by atoms with Crippen molar-refractivity contribution in [3.05, 3.63) is 42.0 Å². The lowest BCUT2D eigenvalue weighted by Gasteiger charge is -2.21. The Morgan fingerprint density at radius 1 is 1.15 bits per heavy atom. The molecule has 2 aromatic rings. The van der Waals surface area contributed by atoms with E-state index >= 15 is 0 Å². The number of hydrogen-bond acceptors (Lipinski definition) is 2. The molecule has 1 unspecified atom stereocenters. The van der Waals surface area contributed by atoms with Gasteiger partial charge < -0.3 is 10.1 Å². The van der Waals surface area contributed by atoms with Crippen molar-refractivity contribution in [1.29, 1.82) is 0 Å². The Bertz CT molecular complexity index is 625. The van der Waals surface area contributed by atoms with E-state index in [0.717, 1.165) is 16.7 Å². The molecule has 0 saturated carbocycles. The smallest absolute Gasteiger partial charge is 0.148 e. The van der Waals surface area contributed by atoms with Crippen LogP contribution in [0.4, 0.5) is 0 Å². The van der Waals surface area contributed by atoms with Gasteiger partial charge in [0.15, 0.2) is 0 Å². The Labute approximate surface area is 121 Å². The van der Waals surface area contributed by atoms with E-state index in [0.29, 0.717) is 6.04 Å². The van der Waals surface area contributed by atoms with Gasteiger partial charge in [0.25, 0.3) is 0 Å². The van der Waals surface area contributed by atoms with Gasteiger partial charge in [-0.05, 0) is 12.3 Å². The molecule has 0 bridgehead atoms. The minimum atomic E-state index is 0.215. The van der Waals surface area contributed by atoms with E-state index in [1.165, 1.54) is 5.39 Å². The molecule has 2 rings (SSSR count). The van der Waals surface area contributed by atoms with Crippen molar-refractivity contribution in [2.45, 2.75) is 32.9 Å². The largest absolute Gasteiger partial charge is 0.480 e. The second kappa shape index (κ2) is 6.45. The molecule has 104 valence electrons. The fourth-order valence-electron chi connectivity index (χ4n) is 2.47. The molecular formula is C18H21NO. The lowest BCUT2D eigenvalue weighted by molar-refractivity contribution is 0.363. The van der Waals surface area contributed by atoms with E-state index in [-0.39, 0.29) is 12.6 Å². The van der Waals surface area contributed by atoms with E-state index in [2.05, 4.69) is 56.3 Å². The quantitative estimate of drug-likeness (QED) is 0.829. The number of nitrogens with one attached hydrogen (secondary N) is 1. The average molecular weight is 267 g/mol. The summed E-state index contributed by atoms with van der Waals surface area (Å²) in [5.74, 6) is 3.44. The molecule has 0 amide bonds. The van der Waals surface area contributed by atoms with Gasteiger partial charge in [-0.2, -0.15) is 0 Å². The molecule has 0 spiro atoms. The second-order valence-corrected chi connectivity index (χ2v) is 5.24. The first-order valence-electron chi connectivity index (χ1n) is 6.97. The van der Waals surface area contributed by atoms with Crippen LogP contribution in [-0.4, -0.2) is 12.6 Å². The molecule has 0 aliphatic carbocycles. The second-order valence-electron chi connectivity index (χ2n) is 5.24. The molecule has 2 nitrogen and oxygen atoms in total. The summed E-state index contributed by atoms with van der Waals surface area (Å²) >= 11 is 0. The first-order valence-corrected chi connectivity index (χ1v) is 6.97. The molecule has 2 heteroatoms. The fraction of sp³-hybridized carbons (Fsp3) is 0.333. The third kappa shape index (κ3) is 3.12. The van der Waals surface area contributed by atoms with Crippen LogP contribution < -0.4 is 10.1 Å². The third-order valence-corrected chi connectivity index (χ3v) is 3.26. The molecule has 1 atom stereocenters. The molecule has 0 radical (unpaired) electrons. The van der Waals surface area contributed by atoms with Gasteiger partial charge in [0.2, 0.25) is 0 Å². The predicted octanol–water partition coefficient (Wildman–Crippen LogP) is 3.91. The molecule has 0 heterocycles. The molecule has 0 aliphatic rings. The fourth-order valence-corrected chi connectivity index (χ4v) is 2.47. The van der Waals surface area contributed by atoms with Crippen molar-refractivity contribution in [2.75, 3.05) is 6.61 Å². The molecule has 1 N–H and O–H groups in total. The normalized spacial score (nSPS) is 12.3. The third-order valence-electron chi connectivity index (χ3n) is 3.26. The van der Waals surface area contributed by atoms with Crippen LogP contribution in [0.25, 0.3) is 10.8 Å². The van der Waals surface area contributed by atoms with Gasteiger partial charge in [-0.15, -0.1) is 6.42 Å². The van der Waals surface area contributed by atoms with E-state index in [1.54, 1.807) is 0 Å². The summed E-state index contributed by atoms with van der Waals surface area (Å²) in [6.07, 6.45) is 5.34. The molecule has 0 aromatic heterocycles. The monoisotopic (exact) mass is 267 g/mol. The van der Waals surface area contributed by atoms with E-state index in [9.17, 15) is 0 Å². The Morgan fingerprint density at radius 2 is 1.90 bits per heavy atom. The molecule has 0 aliphatic heterocycles. The Kier molecular flexibility index (Phi) is 4.65. The Morgan fingerprint density at radius 3 is 2.60 bits per heavy atom. The average Bonchev–Trinajstić information content (AvgIpc) is 2.43. The lowest BCUT2D eigenvalue weighted by Crippen LogP contribution is -2.26. The Hall–Kier alpha value is -1.98. The van der Waals surface area contributed by atoms with Crippen LogP contribution in [0.3, 0.4) is 0 Å². The highest BCUT2D eigenvalue weighted by atomic mass is 16.5. The van der Waals surface area contributed by atoms with Crippen LogP contribution in [0.2, 0.25) is 0 Å². The van der Waals surface area contributed by atoms with Gasteiger partial charge >= 0.3 is 0 Å². The Balaban J connectivity index is 2.50. The number of fused-ring (bicyclic) bond motifs is 1. The van der Waals surface area contributed by atoms with Gasteiger partial charge in [-0.25, -0.2) is 0 Å². The summed E-state index contributed by atoms with van der Waals surface area (Å²) in [7, 11) is 0. The molecule has 0 fully saturated rings. The maximum absolute atomic E-state index is 5.83. The van der Waals surface area contributed by atoms with Crippen molar-refractivity contribution in [3.63, 3.8) is 0 Å². The van der Waals surface area contributed by atoms with Gasteiger partial charge in [-0.3, -0.25) is 0 Å². The van der Waals surface area contributed by atoms with E-state index in [4.69, 9.17) is 11.2 Å². The van der Waals surface area contributed by atoms with Crippen molar-refractivity contribution < 1.29 is 4.74 Å². The zero-order valence-corrected chi connectivity index (χ0v) is 12.3. The minimum absolute atomic E-state index is 0.215. The maximum Gasteiger partial charge on any atom is 0.148 e. The van der Waals surface area contributed by atoms with Crippen LogP contribution in [0.1, 0.15) is 32.4 Å². The zero-order valence-electron chi connectivity index (χ0n) is 12.3. The van der Waals surface area contributed by atoms with Crippen molar-refractivity contribution in [3.8, 4) is 18.1 Å². The number of terminal acetylenes is 1. The highest BCUT2D eigenvalue weighted by molar-refractivity contribution is 5.89. The number of rotatable bonds is 5. The maximum atomic E-state index is 5.83. The van der Waals surface area contributed by atoms with Gasteiger partial charge in [-0.1, -0.05) is 56.2 Å². The van der Waals surface area contributed by atoms with Crippen LogP contribution >= 0.6 is 0 Å². The van der Waals surface area contributed by atoms with E-state index < -0.39 is 0 Å². The van der Waals surface area contributed by atoms with Crippen LogP contribution in [-0.2, 0) is 0 Å².